The summed E-state index contributed by atoms with van der Waals surface area (Å²) in [6.45, 7) is 0. The number of primary amides is 1. The van der Waals surface area contributed by atoms with Crippen LogP contribution in [-0.4, -0.2) is 32.7 Å². The third-order valence-corrected chi connectivity index (χ3v) is 3.61. The number of methoxy groups -OCH3 is 1. The van der Waals surface area contributed by atoms with Crippen LogP contribution in [-0.2, 0) is 10.0 Å². The van der Waals surface area contributed by atoms with Gasteiger partial charge in [0, 0.05) is 22.2 Å². The van der Waals surface area contributed by atoms with Crippen LogP contribution in [0.5, 0.6) is 5.75 Å². The third kappa shape index (κ3) is 6.38. The first-order valence-corrected chi connectivity index (χ1v) is 10.2. The summed E-state index contributed by atoms with van der Waals surface area (Å²) in [6, 6.07) is 14.3. The molecule has 0 unspecified atom stereocenters. The van der Waals surface area contributed by atoms with Crippen molar-refractivity contribution < 1.29 is 17.9 Å². The van der Waals surface area contributed by atoms with Crippen molar-refractivity contribution in [3.05, 3.63) is 59.1 Å². The standard InChI is InChI=1S/C17H14ClN3O2.CH5NO2S/c1-23-13-6-5-10-7-14(16(19)22)17(21-15(10)9-13)20-12-4-2-3-11(18)8-12;1-5(2,3)4/h2-9H,1H3,(H2,19,22)(H,20,21);1H3,(H2,2,3,4). The van der Waals surface area contributed by atoms with Gasteiger partial charge in [-0.25, -0.2) is 18.5 Å². The van der Waals surface area contributed by atoms with Gasteiger partial charge >= 0.3 is 0 Å². The van der Waals surface area contributed by atoms with Crippen LogP contribution in [0.3, 0.4) is 0 Å². The summed E-state index contributed by atoms with van der Waals surface area (Å²) in [6.07, 6.45) is 0.938. The zero-order chi connectivity index (χ0) is 20.9. The highest BCUT2D eigenvalue weighted by Crippen LogP contribution is 2.27. The number of nitrogens with one attached hydrogen (secondary N) is 1. The highest BCUT2D eigenvalue weighted by molar-refractivity contribution is 7.88. The van der Waals surface area contributed by atoms with E-state index in [4.69, 9.17) is 22.1 Å². The number of aromatic nitrogens is 1. The number of halogens is 1. The first-order valence-electron chi connectivity index (χ1n) is 7.86. The predicted octanol–water partition coefficient (Wildman–Crippen LogP) is 2.64. The van der Waals surface area contributed by atoms with Crippen LogP contribution >= 0.6 is 11.6 Å². The molecule has 28 heavy (non-hydrogen) atoms. The van der Waals surface area contributed by atoms with Gasteiger partial charge in [0.05, 0.1) is 24.4 Å². The fourth-order valence-corrected chi connectivity index (χ4v) is 2.45. The fraction of sp³-hybridized carbons (Fsp3) is 0.111. The van der Waals surface area contributed by atoms with Crippen molar-refractivity contribution >= 4 is 49.9 Å². The molecule has 148 valence electrons. The number of benzene rings is 2. The van der Waals surface area contributed by atoms with Crippen LogP contribution in [0.1, 0.15) is 10.4 Å². The van der Waals surface area contributed by atoms with Crippen LogP contribution in [0, 0.1) is 0 Å². The number of rotatable bonds is 4. The smallest absolute Gasteiger partial charge is 0.252 e. The zero-order valence-corrected chi connectivity index (χ0v) is 16.7. The molecule has 0 aliphatic carbocycles. The Bertz CT molecular complexity index is 1110. The maximum Gasteiger partial charge on any atom is 0.252 e. The third-order valence-electron chi connectivity index (χ3n) is 3.38. The van der Waals surface area contributed by atoms with Crippen molar-refractivity contribution in [3.63, 3.8) is 0 Å². The number of sulfonamides is 1. The number of anilines is 2. The van der Waals surface area contributed by atoms with Gasteiger partial charge in [0.15, 0.2) is 0 Å². The van der Waals surface area contributed by atoms with Gasteiger partial charge in [-0.15, -0.1) is 0 Å². The Hall–Kier alpha value is -2.88. The second kappa shape index (κ2) is 8.87. The van der Waals surface area contributed by atoms with E-state index in [0.717, 1.165) is 17.3 Å². The number of fused-ring (bicyclic) bond motifs is 1. The number of hydrogen-bond donors (Lipinski definition) is 3. The number of amides is 1. The molecule has 1 amide bonds. The van der Waals surface area contributed by atoms with Crippen LogP contribution in [0.25, 0.3) is 10.9 Å². The van der Waals surface area contributed by atoms with Crippen LogP contribution < -0.4 is 20.9 Å². The SMILES string of the molecule is COc1ccc2cc(C(N)=O)c(Nc3cccc(Cl)c3)nc2c1.CS(N)(=O)=O. The Balaban J connectivity index is 0.000000500. The van der Waals surface area contributed by atoms with Crippen molar-refractivity contribution in [2.24, 2.45) is 10.9 Å². The predicted molar refractivity (Wildman–Crippen MR) is 111 cm³/mol. The maximum absolute atomic E-state index is 11.7. The molecule has 0 saturated heterocycles. The molecule has 3 aromatic rings. The number of pyridine rings is 1. The molecular formula is C18H19ClN4O4S. The van der Waals surface area contributed by atoms with E-state index in [9.17, 15) is 13.2 Å². The summed E-state index contributed by atoms with van der Waals surface area (Å²) in [4.78, 5) is 16.2. The van der Waals surface area contributed by atoms with Gasteiger partial charge in [-0.2, -0.15) is 0 Å². The zero-order valence-electron chi connectivity index (χ0n) is 15.1. The highest BCUT2D eigenvalue weighted by atomic mass is 35.5. The van der Waals surface area contributed by atoms with E-state index >= 15 is 0 Å². The lowest BCUT2D eigenvalue weighted by atomic mass is 10.1. The largest absolute Gasteiger partial charge is 0.497 e. The summed E-state index contributed by atoms with van der Waals surface area (Å²) in [5.41, 5.74) is 7.19. The van der Waals surface area contributed by atoms with E-state index in [2.05, 4.69) is 15.4 Å². The summed E-state index contributed by atoms with van der Waals surface area (Å²) >= 11 is 5.98. The summed E-state index contributed by atoms with van der Waals surface area (Å²) in [5.74, 6) is 0.505. The normalized spacial score (nSPS) is 10.7. The fourth-order valence-electron chi connectivity index (χ4n) is 2.26. The summed E-state index contributed by atoms with van der Waals surface area (Å²) in [7, 11) is -1.58. The van der Waals surface area contributed by atoms with Gasteiger partial charge < -0.3 is 15.8 Å². The minimum atomic E-state index is -3.17. The monoisotopic (exact) mass is 422 g/mol. The van der Waals surface area contributed by atoms with E-state index in [1.54, 1.807) is 43.5 Å². The minimum Gasteiger partial charge on any atom is -0.497 e. The molecule has 8 nitrogen and oxygen atoms in total. The molecule has 0 atom stereocenters. The molecule has 0 bridgehead atoms. The van der Waals surface area contributed by atoms with Crippen molar-refractivity contribution in [2.45, 2.75) is 0 Å². The lowest BCUT2D eigenvalue weighted by Gasteiger charge is -2.11. The minimum absolute atomic E-state index is 0.308. The number of nitrogens with two attached hydrogens (primary N) is 2. The molecular weight excluding hydrogens is 404 g/mol. The number of primary sulfonamides is 1. The molecule has 0 radical (unpaired) electrons. The van der Waals surface area contributed by atoms with Crippen molar-refractivity contribution in [3.8, 4) is 5.75 Å². The Kier molecular flexibility index (Phi) is 6.79. The number of nitrogens with zero attached hydrogens (tertiary/aromatic N) is 1. The molecule has 0 saturated carbocycles. The molecule has 1 aromatic heterocycles. The average molecular weight is 423 g/mol. The second-order valence-electron chi connectivity index (χ2n) is 5.77. The molecule has 0 fully saturated rings. The van der Waals surface area contributed by atoms with Crippen LogP contribution in [0.2, 0.25) is 5.02 Å². The Labute approximate surface area is 167 Å². The first kappa shape index (κ1) is 21.4. The molecule has 3 rings (SSSR count). The van der Waals surface area contributed by atoms with Gasteiger partial charge in [0.25, 0.3) is 5.91 Å². The molecule has 0 aliphatic rings. The number of carbonyl (C=O) groups excluding carboxylic acids is 1. The number of carbonyl (C=O) groups is 1. The maximum atomic E-state index is 11.7. The van der Waals surface area contributed by atoms with E-state index in [1.165, 1.54) is 0 Å². The Morgan fingerprint density at radius 1 is 1.18 bits per heavy atom. The Morgan fingerprint density at radius 2 is 1.86 bits per heavy atom. The summed E-state index contributed by atoms with van der Waals surface area (Å²) < 4.78 is 24.0. The van der Waals surface area contributed by atoms with Crippen LogP contribution in [0.15, 0.2) is 48.5 Å². The molecule has 1 heterocycles. The van der Waals surface area contributed by atoms with Gasteiger partial charge in [-0.3, -0.25) is 4.79 Å². The van der Waals surface area contributed by atoms with Crippen molar-refractivity contribution in [1.29, 1.82) is 0 Å². The lowest BCUT2D eigenvalue weighted by molar-refractivity contribution is 0.100. The van der Waals surface area contributed by atoms with Crippen molar-refractivity contribution in [2.75, 3.05) is 18.7 Å². The van der Waals surface area contributed by atoms with Gasteiger partial charge in [0.2, 0.25) is 10.0 Å². The van der Waals surface area contributed by atoms with E-state index < -0.39 is 15.9 Å². The van der Waals surface area contributed by atoms with E-state index in [-0.39, 0.29) is 0 Å². The van der Waals surface area contributed by atoms with Crippen molar-refractivity contribution in [1.82, 2.24) is 4.98 Å². The topological polar surface area (TPSA) is 137 Å². The molecule has 0 aliphatic heterocycles. The number of ether oxygens (including phenoxy) is 1. The molecule has 10 heteroatoms. The van der Waals surface area contributed by atoms with Crippen LogP contribution in [0.4, 0.5) is 11.5 Å². The summed E-state index contributed by atoms with van der Waals surface area (Å²) in [5, 5.41) is 8.80. The van der Waals surface area contributed by atoms with Gasteiger partial charge in [-0.1, -0.05) is 17.7 Å². The van der Waals surface area contributed by atoms with Gasteiger partial charge in [0.1, 0.15) is 11.6 Å². The highest BCUT2D eigenvalue weighted by Gasteiger charge is 2.13. The first-order chi connectivity index (χ1) is 13.1. The Morgan fingerprint density at radius 3 is 2.43 bits per heavy atom. The average Bonchev–Trinajstić information content (AvgIpc) is 2.59. The van der Waals surface area contributed by atoms with E-state index in [0.29, 0.717) is 27.7 Å². The molecule has 0 spiro atoms. The number of hydrogen-bond acceptors (Lipinski definition) is 6. The second-order valence-corrected chi connectivity index (χ2v) is 7.87. The lowest BCUT2D eigenvalue weighted by Crippen LogP contribution is -2.14. The van der Waals surface area contributed by atoms with Gasteiger partial charge in [-0.05, 0) is 36.4 Å². The quantitative estimate of drug-likeness (QED) is 0.590. The molecule has 5 N–H and O–H groups in total. The molecule has 2 aromatic carbocycles. The van der Waals surface area contributed by atoms with E-state index in [1.807, 2.05) is 12.1 Å².